The summed E-state index contributed by atoms with van der Waals surface area (Å²) in [7, 11) is 0. The van der Waals surface area contributed by atoms with Crippen molar-refractivity contribution in [2.75, 3.05) is 13.2 Å². The average Bonchev–Trinajstić information content (AvgIpc) is 2.82. The summed E-state index contributed by atoms with van der Waals surface area (Å²) in [6.07, 6.45) is 9.65. The van der Waals surface area contributed by atoms with Crippen molar-refractivity contribution in [3.63, 3.8) is 0 Å². The Kier molecular flexibility index (Phi) is 5.01. The molecule has 1 amide bonds. The lowest BCUT2D eigenvalue weighted by Crippen LogP contribution is -2.46. The zero-order valence-electron chi connectivity index (χ0n) is 11.2. The summed E-state index contributed by atoms with van der Waals surface area (Å²) in [5.74, 6) is 0.109. The van der Waals surface area contributed by atoms with Gasteiger partial charge in [-0.1, -0.05) is 19.3 Å². The Morgan fingerprint density at radius 2 is 2.06 bits per heavy atom. The van der Waals surface area contributed by atoms with E-state index >= 15 is 0 Å². The first kappa shape index (κ1) is 13.8. The Hall–Kier alpha value is -0.610. The lowest BCUT2D eigenvalue weighted by atomic mass is 9.80. The van der Waals surface area contributed by atoms with Crippen LogP contribution in [-0.4, -0.2) is 30.7 Å². The van der Waals surface area contributed by atoms with Crippen LogP contribution in [0.4, 0.5) is 0 Å². The zero-order chi connectivity index (χ0) is 12.8. The molecular formula is C14H26N2O2. The fraction of sp³-hybridized carbons (Fsp3) is 0.929. The van der Waals surface area contributed by atoms with Crippen LogP contribution in [0.3, 0.4) is 0 Å². The number of amides is 1. The van der Waals surface area contributed by atoms with E-state index in [9.17, 15) is 4.79 Å². The van der Waals surface area contributed by atoms with Gasteiger partial charge in [0.2, 0.25) is 5.91 Å². The highest BCUT2D eigenvalue weighted by Gasteiger charge is 2.29. The Bertz CT molecular complexity index is 269. The Balaban J connectivity index is 1.61. The third-order valence-corrected chi connectivity index (χ3v) is 4.17. The summed E-state index contributed by atoms with van der Waals surface area (Å²) in [5, 5.41) is 2.98. The summed E-state index contributed by atoms with van der Waals surface area (Å²) >= 11 is 0. The molecule has 0 aromatic rings. The fourth-order valence-corrected chi connectivity index (χ4v) is 3.06. The van der Waals surface area contributed by atoms with Crippen LogP contribution in [0.2, 0.25) is 0 Å². The third-order valence-electron chi connectivity index (χ3n) is 4.17. The van der Waals surface area contributed by atoms with E-state index in [0.717, 1.165) is 45.3 Å². The monoisotopic (exact) mass is 254 g/mol. The van der Waals surface area contributed by atoms with Crippen LogP contribution in [0.25, 0.3) is 0 Å². The summed E-state index contributed by atoms with van der Waals surface area (Å²) in [6, 6.07) is 0. The van der Waals surface area contributed by atoms with Crippen molar-refractivity contribution in [3.05, 3.63) is 0 Å². The van der Waals surface area contributed by atoms with Gasteiger partial charge in [-0.05, 0) is 32.1 Å². The summed E-state index contributed by atoms with van der Waals surface area (Å²) in [5.41, 5.74) is 6.02. The average molecular weight is 254 g/mol. The SMILES string of the molecule is NC1(CC(=O)NCCC2CCCO2)CCCCC1. The minimum absolute atomic E-state index is 0.109. The van der Waals surface area contributed by atoms with Gasteiger partial charge in [0, 0.05) is 25.1 Å². The highest BCUT2D eigenvalue weighted by Crippen LogP contribution is 2.28. The maximum atomic E-state index is 11.9. The summed E-state index contributed by atoms with van der Waals surface area (Å²) in [6.45, 7) is 1.60. The number of hydrogen-bond acceptors (Lipinski definition) is 3. The number of carbonyl (C=O) groups is 1. The van der Waals surface area contributed by atoms with E-state index in [1.54, 1.807) is 0 Å². The second-order valence-corrected chi connectivity index (χ2v) is 5.87. The Morgan fingerprint density at radius 1 is 1.28 bits per heavy atom. The Morgan fingerprint density at radius 3 is 2.72 bits per heavy atom. The van der Waals surface area contributed by atoms with Crippen molar-refractivity contribution in [1.29, 1.82) is 0 Å². The number of rotatable bonds is 5. The van der Waals surface area contributed by atoms with Gasteiger partial charge in [-0.2, -0.15) is 0 Å². The standard InChI is InChI=1S/C14H26N2O2/c15-14(7-2-1-3-8-14)11-13(17)16-9-6-12-5-4-10-18-12/h12H,1-11,15H2,(H,16,17). The zero-order valence-corrected chi connectivity index (χ0v) is 11.2. The highest BCUT2D eigenvalue weighted by atomic mass is 16.5. The maximum absolute atomic E-state index is 11.9. The molecule has 0 bridgehead atoms. The van der Waals surface area contributed by atoms with Gasteiger partial charge in [0.15, 0.2) is 0 Å². The molecule has 4 heteroatoms. The van der Waals surface area contributed by atoms with Gasteiger partial charge in [-0.15, -0.1) is 0 Å². The number of nitrogens with two attached hydrogens (primary N) is 1. The smallest absolute Gasteiger partial charge is 0.221 e. The molecule has 2 aliphatic rings. The molecule has 0 aromatic carbocycles. The normalized spacial score (nSPS) is 27.1. The number of carbonyl (C=O) groups excluding carboxylic acids is 1. The molecule has 1 saturated heterocycles. The van der Waals surface area contributed by atoms with Crippen LogP contribution < -0.4 is 11.1 Å². The van der Waals surface area contributed by atoms with Crippen molar-refractivity contribution in [2.24, 2.45) is 5.73 Å². The van der Waals surface area contributed by atoms with E-state index in [0.29, 0.717) is 12.5 Å². The molecule has 3 N–H and O–H groups in total. The molecule has 1 unspecified atom stereocenters. The second kappa shape index (κ2) is 6.53. The first-order chi connectivity index (χ1) is 8.68. The van der Waals surface area contributed by atoms with Crippen LogP contribution in [-0.2, 0) is 9.53 Å². The fourth-order valence-electron chi connectivity index (χ4n) is 3.06. The molecule has 1 atom stereocenters. The molecule has 2 fully saturated rings. The van der Waals surface area contributed by atoms with Gasteiger partial charge >= 0.3 is 0 Å². The summed E-state index contributed by atoms with van der Waals surface area (Å²) < 4.78 is 5.53. The van der Waals surface area contributed by atoms with E-state index in [1.165, 1.54) is 19.3 Å². The van der Waals surface area contributed by atoms with Crippen LogP contribution in [0.15, 0.2) is 0 Å². The minimum Gasteiger partial charge on any atom is -0.378 e. The van der Waals surface area contributed by atoms with Crippen molar-refractivity contribution in [2.45, 2.75) is 69.4 Å². The minimum atomic E-state index is -0.244. The molecule has 1 aliphatic carbocycles. The Labute approximate surface area is 110 Å². The summed E-state index contributed by atoms with van der Waals surface area (Å²) in [4.78, 5) is 11.9. The third kappa shape index (κ3) is 4.25. The van der Waals surface area contributed by atoms with E-state index in [4.69, 9.17) is 10.5 Å². The van der Waals surface area contributed by atoms with Gasteiger partial charge in [0.1, 0.15) is 0 Å². The van der Waals surface area contributed by atoms with Gasteiger partial charge in [0.25, 0.3) is 0 Å². The van der Waals surface area contributed by atoms with E-state index in [-0.39, 0.29) is 11.4 Å². The molecule has 104 valence electrons. The molecule has 4 nitrogen and oxygen atoms in total. The number of hydrogen-bond donors (Lipinski definition) is 2. The molecule has 1 heterocycles. The predicted molar refractivity (Wildman–Crippen MR) is 71.2 cm³/mol. The first-order valence-electron chi connectivity index (χ1n) is 7.35. The van der Waals surface area contributed by atoms with Crippen LogP contribution in [0, 0.1) is 0 Å². The van der Waals surface area contributed by atoms with Crippen LogP contribution in [0.5, 0.6) is 0 Å². The van der Waals surface area contributed by atoms with Crippen molar-refractivity contribution in [3.8, 4) is 0 Å². The lowest BCUT2D eigenvalue weighted by Gasteiger charge is -2.32. The molecule has 0 radical (unpaired) electrons. The highest BCUT2D eigenvalue weighted by molar-refractivity contribution is 5.77. The largest absolute Gasteiger partial charge is 0.378 e. The van der Waals surface area contributed by atoms with Gasteiger partial charge < -0.3 is 15.8 Å². The molecule has 0 spiro atoms. The van der Waals surface area contributed by atoms with Crippen LogP contribution in [0.1, 0.15) is 57.8 Å². The van der Waals surface area contributed by atoms with Gasteiger partial charge in [-0.3, -0.25) is 4.79 Å². The predicted octanol–water partition coefficient (Wildman–Crippen LogP) is 1.72. The maximum Gasteiger partial charge on any atom is 0.221 e. The van der Waals surface area contributed by atoms with Gasteiger partial charge in [0.05, 0.1) is 6.10 Å². The molecule has 18 heavy (non-hydrogen) atoms. The molecule has 2 rings (SSSR count). The quantitative estimate of drug-likeness (QED) is 0.785. The number of nitrogens with one attached hydrogen (secondary N) is 1. The number of ether oxygens (including phenoxy) is 1. The van der Waals surface area contributed by atoms with Crippen molar-refractivity contribution >= 4 is 5.91 Å². The molecule has 1 aliphatic heterocycles. The van der Waals surface area contributed by atoms with Gasteiger partial charge in [-0.25, -0.2) is 0 Å². The van der Waals surface area contributed by atoms with Crippen LogP contribution >= 0.6 is 0 Å². The topological polar surface area (TPSA) is 64.4 Å². The molecule has 0 aromatic heterocycles. The van der Waals surface area contributed by atoms with E-state index < -0.39 is 0 Å². The first-order valence-corrected chi connectivity index (χ1v) is 7.35. The van der Waals surface area contributed by atoms with E-state index in [2.05, 4.69) is 5.32 Å². The molecular weight excluding hydrogens is 228 g/mol. The second-order valence-electron chi connectivity index (χ2n) is 5.87. The van der Waals surface area contributed by atoms with Crippen molar-refractivity contribution in [1.82, 2.24) is 5.32 Å². The molecule has 1 saturated carbocycles. The lowest BCUT2D eigenvalue weighted by molar-refractivity contribution is -0.122. The van der Waals surface area contributed by atoms with E-state index in [1.807, 2.05) is 0 Å². The van der Waals surface area contributed by atoms with Crippen molar-refractivity contribution < 1.29 is 9.53 Å².